The maximum atomic E-state index is 13.0. The standard InChI is InChI=1S/C20H15FN2O3/c21-14-7-5-13(6-8-14)12-25-17-3-1-4-18-15(17)11-16(24)19(26-18)20-22-9-2-10-23-20/h1-10,24H,11-12H2. The average molecular weight is 350 g/mol. The first-order valence-electron chi connectivity index (χ1n) is 8.07. The summed E-state index contributed by atoms with van der Waals surface area (Å²) in [5.41, 5.74) is 1.59. The third-order valence-corrected chi connectivity index (χ3v) is 3.98. The Kier molecular flexibility index (Phi) is 4.23. The van der Waals surface area contributed by atoms with E-state index in [1.807, 2.05) is 12.1 Å². The third kappa shape index (κ3) is 3.21. The maximum absolute atomic E-state index is 13.0. The van der Waals surface area contributed by atoms with Gasteiger partial charge < -0.3 is 14.6 Å². The Labute approximate surface area is 149 Å². The number of benzene rings is 2. The summed E-state index contributed by atoms with van der Waals surface area (Å²) in [6.07, 6.45) is 3.43. The molecule has 0 fully saturated rings. The predicted octanol–water partition coefficient (Wildman–Crippen LogP) is 4.06. The average Bonchev–Trinajstić information content (AvgIpc) is 2.68. The van der Waals surface area contributed by atoms with Crippen molar-refractivity contribution in [2.75, 3.05) is 0 Å². The van der Waals surface area contributed by atoms with Crippen LogP contribution in [0.4, 0.5) is 4.39 Å². The smallest absolute Gasteiger partial charge is 0.209 e. The fourth-order valence-electron chi connectivity index (χ4n) is 2.70. The van der Waals surface area contributed by atoms with Crippen LogP contribution >= 0.6 is 0 Å². The molecule has 0 atom stereocenters. The van der Waals surface area contributed by atoms with Crippen molar-refractivity contribution in [1.82, 2.24) is 9.97 Å². The molecule has 26 heavy (non-hydrogen) atoms. The van der Waals surface area contributed by atoms with Gasteiger partial charge in [0.05, 0.1) is 0 Å². The van der Waals surface area contributed by atoms with Crippen molar-refractivity contribution in [3.05, 3.63) is 89.5 Å². The van der Waals surface area contributed by atoms with Crippen molar-refractivity contribution in [3.63, 3.8) is 0 Å². The second kappa shape index (κ2) is 6.84. The summed E-state index contributed by atoms with van der Waals surface area (Å²) in [6, 6.07) is 13.2. The Morgan fingerprint density at radius 3 is 2.58 bits per heavy atom. The lowest BCUT2D eigenvalue weighted by molar-refractivity contribution is 0.294. The van der Waals surface area contributed by atoms with Gasteiger partial charge in [-0.15, -0.1) is 0 Å². The molecule has 0 saturated carbocycles. The van der Waals surface area contributed by atoms with Gasteiger partial charge in [0.2, 0.25) is 5.76 Å². The number of hydrogen-bond donors (Lipinski definition) is 1. The van der Waals surface area contributed by atoms with Crippen molar-refractivity contribution in [1.29, 1.82) is 0 Å². The summed E-state index contributed by atoms with van der Waals surface area (Å²) in [5, 5.41) is 10.4. The van der Waals surface area contributed by atoms with Crippen LogP contribution < -0.4 is 9.47 Å². The van der Waals surface area contributed by atoms with Gasteiger partial charge in [0.25, 0.3) is 0 Å². The molecular weight excluding hydrogens is 335 g/mol. The lowest BCUT2D eigenvalue weighted by atomic mass is 10.0. The summed E-state index contributed by atoms with van der Waals surface area (Å²) in [5.74, 6) is 1.52. The highest BCUT2D eigenvalue weighted by Crippen LogP contribution is 2.38. The number of aliphatic hydroxyl groups excluding tert-OH is 1. The molecule has 2 aromatic carbocycles. The second-order valence-electron chi connectivity index (χ2n) is 5.78. The van der Waals surface area contributed by atoms with E-state index in [-0.39, 0.29) is 30.4 Å². The van der Waals surface area contributed by atoms with Crippen molar-refractivity contribution < 1.29 is 19.0 Å². The van der Waals surface area contributed by atoms with Crippen LogP contribution in [0.3, 0.4) is 0 Å². The van der Waals surface area contributed by atoms with Gasteiger partial charge >= 0.3 is 0 Å². The van der Waals surface area contributed by atoms with Crippen molar-refractivity contribution in [2.24, 2.45) is 0 Å². The molecule has 0 spiro atoms. The Hall–Kier alpha value is -3.41. The number of hydrogen-bond acceptors (Lipinski definition) is 5. The van der Waals surface area contributed by atoms with E-state index in [1.54, 1.807) is 36.7 Å². The van der Waals surface area contributed by atoms with Gasteiger partial charge in [-0.25, -0.2) is 14.4 Å². The Morgan fingerprint density at radius 2 is 1.81 bits per heavy atom. The van der Waals surface area contributed by atoms with Crippen LogP contribution in [0.25, 0.3) is 5.76 Å². The number of allylic oxidation sites excluding steroid dienone is 1. The molecule has 0 unspecified atom stereocenters. The van der Waals surface area contributed by atoms with Crippen LogP contribution in [0.5, 0.6) is 11.5 Å². The molecule has 1 aromatic heterocycles. The fraction of sp³-hybridized carbons (Fsp3) is 0.100. The number of rotatable bonds is 4. The Balaban J connectivity index is 1.57. The molecule has 5 nitrogen and oxygen atoms in total. The minimum absolute atomic E-state index is 0.0431. The summed E-state index contributed by atoms with van der Waals surface area (Å²) in [6.45, 7) is 0.288. The van der Waals surface area contributed by atoms with Gasteiger partial charge in [-0.1, -0.05) is 18.2 Å². The maximum Gasteiger partial charge on any atom is 0.209 e. The Bertz CT molecular complexity index is 957. The summed E-state index contributed by atoms with van der Waals surface area (Å²) >= 11 is 0. The van der Waals surface area contributed by atoms with Crippen LogP contribution in [0.2, 0.25) is 0 Å². The van der Waals surface area contributed by atoms with E-state index in [4.69, 9.17) is 9.47 Å². The van der Waals surface area contributed by atoms with Crippen LogP contribution in [0.15, 0.2) is 66.7 Å². The van der Waals surface area contributed by atoms with Gasteiger partial charge in [-0.2, -0.15) is 0 Å². The van der Waals surface area contributed by atoms with E-state index in [2.05, 4.69) is 9.97 Å². The van der Waals surface area contributed by atoms with E-state index >= 15 is 0 Å². The lowest BCUT2D eigenvalue weighted by Gasteiger charge is -2.22. The molecule has 0 radical (unpaired) electrons. The third-order valence-electron chi connectivity index (χ3n) is 3.98. The molecular formula is C20H15FN2O3. The molecule has 6 heteroatoms. The van der Waals surface area contributed by atoms with E-state index in [9.17, 15) is 9.50 Å². The zero-order chi connectivity index (χ0) is 17.9. The highest BCUT2D eigenvalue weighted by atomic mass is 19.1. The summed E-state index contributed by atoms with van der Waals surface area (Å²) < 4.78 is 24.7. The van der Waals surface area contributed by atoms with Crippen molar-refractivity contribution >= 4 is 5.76 Å². The van der Waals surface area contributed by atoms with E-state index in [0.717, 1.165) is 11.1 Å². The Morgan fingerprint density at radius 1 is 1.04 bits per heavy atom. The number of nitrogens with zero attached hydrogens (tertiary/aromatic N) is 2. The molecule has 1 aliphatic rings. The molecule has 2 heterocycles. The quantitative estimate of drug-likeness (QED) is 0.769. The molecule has 130 valence electrons. The highest BCUT2D eigenvalue weighted by Gasteiger charge is 2.25. The van der Waals surface area contributed by atoms with Crippen molar-refractivity contribution in [3.8, 4) is 11.5 Å². The first-order valence-corrected chi connectivity index (χ1v) is 8.07. The fourth-order valence-corrected chi connectivity index (χ4v) is 2.70. The van der Waals surface area contributed by atoms with E-state index in [0.29, 0.717) is 17.3 Å². The van der Waals surface area contributed by atoms with E-state index < -0.39 is 0 Å². The van der Waals surface area contributed by atoms with Crippen LogP contribution in [-0.2, 0) is 13.0 Å². The molecule has 1 N–H and O–H groups in total. The number of fused-ring (bicyclic) bond motifs is 1. The zero-order valence-corrected chi connectivity index (χ0v) is 13.7. The van der Waals surface area contributed by atoms with Gasteiger partial charge in [0.15, 0.2) is 5.82 Å². The summed E-state index contributed by atoms with van der Waals surface area (Å²) in [4.78, 5) is 8.23. The minimum atomic E-state index is -0.287. The molecule has 0 aliphatic carbocycles. The van der Waals surface area contributed by atoms with Crippen LogP contribution in [0, 0.1) is 5.82 Å². The number of aliphatic hydroxyl groups is 1. The predicted molar refractivity (Wildman–Crippen MR) is 93.1 cm³/mol. The minimum Gasteiger partial charge on any atom is -0.508 e. The molecule has 1 aliphatic heterocycles. The van der Waals surface area contributed by atoms with Gasteiger partial charge in [-0.05, 0) is 35.9 Å². The first kappa shape index (κ1) is 16.1. The van der Waals surface area contributed by atoms with Crippen molar-refractivity contribution in [2.45, 2.75) is 13.0 Å². The topological polar surface area (TPSA) is 64.5 Å². The van der Waals surface area contributed by atoms with Crippen LogP contribution in [0.1, 0.15) is 17.0 Å². The van der Waals surface area contributed by atoms with Gasteiger partial charge in [0.1, 0.15) is 29.7 Å². The van der Waals surface area contributed by atoms with Gasteiger partial charge in [0, 0.05) is 24.4 Å². The molecule has 0 bridgehead atoms. The zero-order valence-electron chi connectivity index (χ0n) is 13.7. The highest BCUT2D eigenvalue weighted by molar-refractivity contribution is 5.64. The van der Waals surface area contributed by atoms with Crippen LogP contribution in [-0.4, -0.2) is 15.1 Å². The van der Waals surface area contributed by atoms with E-state index in [1.165, 1.54) is 12.1 Å². The number of ether oxygens (including phenoxy) is 2. The molecule has 4 rings (SSSR count). The normalized spacial score (nSPS) is 13.1. The first-order chi connectivity index (χ1) is 12.7. The number of halogens is 1. The second-order valence-corrected chi connectivity index (χ2v) is 5.78. The SMILES string of the molecule is OC1=C(c2ncccn2)Oc2cccc(OCc3ccc(F)cc3)c2C1. The van der Waals surface area contributed by atoms with Gasteiger partial charge in [-0.3, -0.25) is 0 Å². The largest absolute Gasteiger partial charge is 0.508 e. The molecule has 0 saturated heterocycles. The monoisotopic (exact) mass is 350 g/mol. The molecule has 0 amide bonds. The lowest BCUT2D eigenvalue weighted by Crippen LogP contribution is -2.13. The summed E-state index contributed by atoms with van der Waals surface area (Å²) in [7, 11) is 0. The molecule has 3 aromatic rings. The number of aromatic nitrogens is 2.